The SMILES string of the molecule is COc1ccc(Br)cc1S(=O)(=O)Nn1cnnc1. The van der Waals surface area contributed by atoms with Crippen molar-refractivity contribution in [1.82, 2.24) is 14.9 Å². The van der Waals surface area contributed by atoms with Crippen molar-refractivity contribution >= 4 is 26.0 Å². The number of sulfonamides is 1. The summed E-state index contributed by atoms with van der Waals surface area (Å²) in [4.78, 5) is 2.30. The molecule has 2 aromatic rings. The number of halogens is 1. The lowest BCUT2D eigenvalue weighted by molar-refractivity contribution is 0.402. The number of aromatic nitrogens is 3. The Kier molecular flexibility index (Phi) is 3.53. The first-order valence-corrected chi connectivity index (χ1v) is 7.01. The van der Waals surface area contributed by atoms with Crippen LogP contribution >= 0.6 is 15.9 Å². The first kappa shape index (κ1) is 12.8. The van der Waals surface area contributed by atoms with Gasteiger partial charge in [0.1, 0.15) is 23.3 Å². The third-order valence-electron chi connectivity index (χ3n) is 2.06. The Morgan fingerprint density at radius 3 is 2.61 bits per heavy atom. The molecule has 0 fully saturated rings. The molecule has 0 saturated heterocycles. The van der Waals surface area contributed by atoms with E-state index >= 15 is 0 Å². The van der Waals surface area contributed by atoms with E-state index in [0.717, 1.165) is 4.68 Å². The summed E-state index contributed by atoms with van der Waals surface area (Å²) in [7, 11) is -2.37. The normalized spacial score (nSPS) is 11.2. The van der Waals surface area contributed by atoms with E-state index in [1.807, 2.05) is 0 Å². The second-order valence-corrected chi connectivity index (χ2v) is 5.80. The molecular formula is C9H9BrN4O3S. The average Bonchev–Trinajstić information content (AvgIpc) is 2.81. The molecule has 0 radical (unpaired) electrons. The Labute approximate surface area is 112 Å². The van der Waals surface area contributed by atoms with E-state index in [1.54, 1.807) is 12.1 Å². The lowest BCUT2D eigenvalue weighted by Crippen LogP contribution is -2.22. The molecule has 1 heterocycles. The molecule has 0 bridgehead atoms. The highest BCUT2D eigenvalue weighted by Crippen LogP contribution is 2.27. The quantitative estimate of drug-likeness (QED) is 0.901. The molecule has 0 atom stereocenters. The second kappa shape index (κ2) is 4.94. The molecule has 1 N–H and O–H groups in total. The third kappa shape index (κ3) is 2.62. The molecule has 1 aromatic heterocycles. The van der Waals surface area contributed by atoms with Crippen molar-refractivity contribution in [2.24, 2.45) is 0 Å². The van der Waals surface area contributed by atoms with Gasteiger partial charge in [0, 0.05) is 4.47 Å². The molecule has 0 aliphatic carbocycles. The molecule has 0 aliphatic heterocycles. The molecule has 0 aliphatic rings. The van der Waals surface area contributed by atoms with Gasteiger partial charge in [-0.05, 0) is 18.2 Å². The van der Waals surface area contributed by atoms with Gasteiger partial charge in [0.25, 0.3) is 10.0 Å². The first-order valence-electron chi connectivity index (χ1n) is 4.74. The Hall–Kier alpha value is -1.61. The lowest BCUT2D eigenvalue weighted by atomic mass is 10.3. The fourth-order valence-corrected chi connectivity index (χ4v) is 2.98. The number of ether oxygens (including phenoxy) is 1. The van der Waals surface area contributed by atoms with Crippen LogP contribution in [0.3, 0.4) is 0 Å². The van der Waals surface area contributed by atoms with Gasteiger partial charge in [0.2, 0.25) is 0 Å². The maximum Gasteiger partial charge on any atom is 0.279 e. The fourth-order valence-electron chi connectivity index (χ4n) is 1.30. The molecule has 18 heavy (non-hydrogen) atoms. The number of hydrogen-bond donors (Lipinski definition) is 1. The molecular weight excluding hydrogens is 324 g/mol. The lowest BCUT2D eigenvalue weighted by Gasteiger charge is -2.11. The number of nitrogens with one attached hydrogen (secondary N) is 1. The molecule has 0 amide bonds. The van der Waals surface area contributed by atoms with Gasteiger partial charge in [-0.2, -0.15) is 8.42 Å². The maximum atomic E-state index is 12.1. The van der Waals surface area contributed by atoms with Crippen molar-refractivity contribution in [3.05, 3.63) is 35.3 Å². The van der Waals surface area contributed by atoms with Crippen molar-refractivity contribution in [2.45, 2.75) is 4.90 Å². The zero-order valence-electron chi connectivity index (χ0n) is 9.24. The number of hydrogen-bond acceptors (Lipinski definition) is 5. The summed E-state index contributed by atoms with van der Waals surface area (Å²) in [6.45, 7) is 0. The number of methoxy groups -OCH3 is 1. The summed E-state index contributed by atoms with van der Waals surface area (Å²) in [5, 5.41) is 7.01. The molecule has 2 rings (SSSR count). The Morgan fingerprint density at radius 2 is 2.00 bits per heavy atom. The highest BCUT2D eigenvalue weighted by atomic mass is 79.9. The maximum absolute atomic E-state index is 12.1. The van der Waals surface area contributed by atoms with Gasteiger partial charge in [0.05, 0.1) is 7.11 Å². The predicted molar refractivity (Wildman–Crippen MR) is 67.3 cm³/mol. The van der Waals surface area contributed by atoms with Crippen LogP contribution in [0.2, 0.25) is 0 Å². The minimum atomic E-state index is -3.77. The van der Waals surface area contributed by atoms with E-state index in [4.69, 9.17) is 4.74 Å². The van der Waals surface area contributed by atoms with Gasteiger partial charge in [-0.3, -0.25) is 0 Å². The van der Waals surface area contributed by atoms with Crippen LogP contribution in [0.25, 0.3) is 0 Å². The summed E-state index contributed by atoms with van der Waals surface area (Å²) in [5.74, 6) is 0.249. The van der Waals surface area contributed by atoms with Crippen LogP contribution in [0.1, 0.15) is 0 Å². The predicted octanol–water partition coefficient (Wildman–Crippen LogP) is 0.982. The van der Waals surface area contributed by atoms with E-state index in [2.05, 4.69) is 31.0 Å². The Morgan fingerprint density at radius 1 is 1.33 bits per heavy atom. The van der Waals surface area contributed by atoms with Crippen LogP contribution < -0.4 is 9.57 Å². The van der Waals surface area contributed by atoms with Crippen LogP contribution in [-0.2, 0) is 10.0 Å². The minimum absolute atomic E-state index is 0.0214. The van der Waals surface area contributed by atoms with E-state index in [9.17, 15) is 8.42 Å². The molecule has 0 saturated carbocycles. The minimum Gasteiger partial charge on any atom is -0.495 e. The molecule has 1 aromatic carbocycles. The average molecular weight is 333 g/mol. The van der Waals surface area contributed by atoms with Crippen molar-refractivity contribution in [1.29, 1.82) is 0 Å². The van der Waals surface area contributed by atoms with Crippen LogP contribution in [-0.4, -0.2) is 30.4 Å². The summed E-state index contributed by atoms with van der Waals surface area (Å²) in [6.07, 6.45) is 2.48. The third-order valence-corrected chi connectivity index (χ3v) is 3.90. The smallest absolute Gasteiger partial charge is 0.279 e. The fraction of sp³-hybridized carbons (Fsp3) is 0.111. The number of benzene rings is 1. The topological polar surface area (TPSA) is 86.1 Å². The Bertz CT molecular complexity index is 642. The standard InChI is InChI=1S/C9H9BrN4O3S/c1-17-8-3-2-7(10)4-9(8)18(15,16)13-14-5-11-12-6-14/h2-6,13H,1H3. The van der Waals surface area contributed by atoms with Crippen LogP contribution in [0.4, 0.5) is 0 Å². The van der Waals surface area contributed by atoms with E-state index in [0.29, 0.717) is 4.47 Å². The van der Waals surface area contributed by atoms with Crippen molar-refractivity contribution < 1.29 is 13.2 Å². The van der Waals surface area contributed by atoms with E-state index in [-0.39, 0.29) is 10.6 Å². The molecule has 7 nitrogen and oxygen atoms in total. The summed E-state index contributed by atoms with van der Waals surface area (Å²) in [5.41, 5.74) is 0. The van der Waals surface area contributed by atoms with Crippen LogP contribution in [0.15, 0.2) is 40.2 Å². The van der Waals surface area contributed by atoms with Crippen LogP contribution in [0.5, 0.6) is 5.75 Å². The van der Waals surface area contributed by atoms with Gasteiger partial charge in [-0.1, -0.05) is 15.9 Å². The molecule has 96 valence electrons. The van der Waals surface area contributed by atoms with Gasteiger partial charge >= 0.3 is 0 Å². The van der Waals surface area contributed by atoms with E-state index < -0.39 is 10.0 Å². The summed E-state index contributed by atoms with van der Waals surface area (Å²) >= 11 is 3.22. The van der Waals surface area contributed by atoms with Crippen molar-refractivity contribution in [2.75, 3.05) is 11.9 Å². The zero-order chi connectivity index (χ0) is 13.2. The van der Waals surface area contributed by atoms with Gasteiger partial charge in [-0.15, -0.1) is 10.2 Å². The number of nitrogens with zero attached hydrogens (tertiary/aromatic N) is 3. The van der Waals surface area contributed by atoms with Crippen LogP contribution in [0, 0.1) is 0 Å². The summed E-state index contributed by atoms with van der Waals surface area (Å²) in [6, 6.07) is 4.70. The largest absolute Gasteiger partial charge is 0.495 e. The molecule has 9 heteroatoms. The highest BCUT2D eigenvalue weighted by Gasteiger charge is 2.20. The van der Waals surface area contributed by atoms with Crippen molar-refractivity contribution in [3.8, 4) is 5.75 Å². The van der Waals surface area contributed by atoms with Gasteiger partial charge in [-0.25, -0.2) is 9.51 Å². The van der Waals surface area contributed by atoms with Gasteiger partial charge < -0.3 is 4.74 Å². The van der Waals surface area contributed by atoms with Crippen molar-refractivity contribution in [3.63, 3.8) is 0 Å². The zero-order valence-corrected chi connectivity index (χ0v) is 11.6. The first-order chi connectivity index (χ1) is 8.53. The second-order valence-electron chi connectivity index (χ2n) is 3.26. The highest BCUT2D eigenvalue weighted by molar-refractivity contribution is 9.10. The number of rotatable bonds is 4. The Balaban J connectivity index is 2.43. The van der Waals surface area contributed by atoms with E-state index in [1.165, 1.54) is 25.8 Å². The molecule has 0 unspecified atom stereocenters. The summed E-state index contributed by atoms with van der Waals surface area (Å²) < 4.78 is 31.1. The monoisotopic (exact) mass is 332 g/mol. The van der Waals surface area contributed by atoms with Gasteiger partial charge in [0.15, 0.2) is 0 Å². The molecule has 0 spiro atoms.